The third kappa shape index (κ3) is 3.05. The number of rotatable bonds is 3. The molecular weight excluding hydrogens is 318 g/mol. The molecule has 1 fully saturated rings. The molecule has 0 spiro atoms. The van der Waals surface area contributed by atoms with Crippen molar-refractivity contribution in [2.75, 3.05) is 25.0 Å². The van der Waals surface area contributed by atoms with Crippen LogP contribution < -0.4 is 4.90 Å². The molecule has 2 nitrogen and oxygen atoms in total. The van der Waals surface area contributed by atoms with Crippen LogP contribution in [0.4, 0.5) is 15.8 Å². The maximum absolute atomic E-state index is 13.9. The highest BCUT2D eigenvalue weighted by Crippen LogP contribution is 2.48. The van der Waals surface area contributed by atoms with Gasteiger partial charge in [0.15, 0.2) is 0 Å². The second-order valence-electron chi connectivity index (χ2n) is 6.75. The number of anilines is 2. The van der Waals surface area contributed by atoms with Crippen molar-refractivity contribution in [3.05, 3.63) is 48.3 Å². The van der Waals surface area contributed by atoms with E-state index < -0.39 is 0 Å². The van der Waals surface area contributed by atoms with Crippen LogP contribution in [-0.4, -0.2) is 31.1 Å². The van der Waals surface area contributed by atoms with E-state index in [9.17, 15) is 4.39 Å². The predicted molar refractivity (Wildman–Crippen MR) is 98.9 cm³/mol. The molecule has 2 heterocycles. The molecule has 0 bridgehead atoms. The van der Waals surface area contributed by atoms with Gasteiger partial charge in [-0.25, -0.2) is 4.39 Å². The fourth-order valence-corrected chi connectivity index (χ4v) is 4.91. The Balaban J connectivity index is 1.62. The van der Waals surface area contributed by atoms with Gasteiger partial charge >= 0.3 is 0 Å². The molecule has 4 rings (SSSR count). The number of hydrogen-bond acceptors (Lipinski definition) is 3. The Kier molecular flexibility index (Phi) is 4.51. The number of nitrogens with zero attached hydrogens (tertiary/aromatic N) is 2. The number of piperidine rings is 1. The quantitative estimate of drug-likeness (QED) is 0.748. The highest BCUT2D eigenvalue weighted by molar-refractivity contribution is 7.99. The Morgan fingerprint density at radius 2 is 1.92 bits per heavy atom. The van der Waals surface area contributed by atoms with Gasteiger partial charge in [-0.3, -0.25) is 0 Å². The van der Waals surface area contributed by atoms with E-state index >= 15 is 0 Å². The molecule has 4 heteroatoms. The molecule has 2 aromatic rings. The van der Waals surface area contributed by atoms with E-state index in [-0.39, 0.29) is 5.82 Å². The Morgan fingerprint density at radius 1 is 1.08 bits per heavy atom. The summed E-state index contributed by atoms with van der Waals surface area (Å²) in [5, 5.41) is 0. The summed E-state index contributed by atoms with van der Waals surface area (Å²) in [6.07, 6.45) is 5.03. The minimum atomic E-state index is -0.159. The first kappa shape index (κ1) is 16.0. The van der Waals surface area contributed by atoms with Gasteiger partial charge in [-0.05, 0) is 63.2 Å². The van der Waals surface area contributed by atoms with Crippen LogP contribution in [0.1, 0.15) is 25.7 Å². The largest absolute Gasteiger partial charge is 0.339 e. The van der Waals surface area contributed by atoms with Crippen LogP contribution >= 0.6 is 11.8 Å². The molecule has 1 unspecified atom stereocenters. The summed E-state index contributed by atoms with van der Waals surface area (Å²) < 4.78 is 13.9. The molecule has 0 radical (unpaired) electrons. The van der Waals surface area contributed by atoms with Crippen LogP contribution in [0, 0.1) is 5.82 Å². The second kappa shape index (κ2) is 6.77. The van der Waals surface area contributed by atoms with Crippen molar-refractivity contribution in [1.29, 1.82) is 0 Å². The lowest BCUT2D eigenvalue weighted by Gasteiger charge is -2.37. The SMILES string of the molecule is CN1CCCCC1CCN1c2ccccc2Sc2ccc([18F])cc21. The normalized spacial score (nSPS) is 20.6. The fourth-order valence-electron chi connectivity index (χ4n) is 3.83. The van der Waals surface area contributed by atoms with E-state index in [1.807, 2.05) is 6.07 Å². The number of fused-ring (bicyclic) bond motifs is 2. The number of para-hydroxylation sites is 1. The fraction of sp³-hybridized carbons (Fsp3) is 0.400. The van der Waals surface area contributed by atoms with Crippen LogP contribution in [-0.2, 0) is 0 Å². The van der Waals surface area contributed by atoms with Crippen molar-refractivity contribution in [2.45, 2.75) is 41.5 Å². The lowest BCUT2D eigenvalue weighted by Crippen LogP contribution is -2.38. The van der Waals surface area contributed by atoms with Crippen LogP contribution in [0.3, 0.4) is 0 Å². The Morgan fingerprint density at radius 3 is 2.79 bits per heavy atom. The molecule has 126 valence electrons. The molecular formula is C20H23FN2S. The lowest BCUT2D eigenvalue weighted by atomic mass is 9.99. The maximum atomic E-state index is 13.9. The van der Waals surface area contributed by atoms with Crippen molar-refractivity contribution in [3.8, 4) is 0 Å². The van der Waals surface area contributed by atoms with Crippen LogP contribution in [0.25, 0.3) is 0 Å². The van der Waals surface area contributed by atoms with Crippen molar-refractivity contribution in [2.24, 2.45) is 0 Å². The van der Waals surface area contributed by atoms with Crippen molar-refractivity contribution < 1.29 is 4.39 Å². The Labute approximate surface area is 147 Å². The highest BCUT2D eigenvalue weighted by atomic mass is 32.2. The topological polar surface area (TPSA) is 6.48 Å². The summed E-state index contributed by atoms with van der Waals surface area (Å²) in [5.41, 5.74) is 2.22. The monoisotopic (exact) mass is 341 g/mol. The van der Waals surface area contributed by atoms with Gasteiger partial charge in [-0.1, -0.05) is 30.3 Å². The van der Waals surface area contributed by atoms with Gasteiger partial charge in [0.2, 0.25) is 0 Å². The summed E-state index contributed by atoms with van der Waals surface area (Å²) in [6.45, 7) is 2.13. The summed E-state index contributed by atoms with van der Waals surface area (Å²) in [4.78, 5) is 7.20. The van der Waals surface area contributed by atoms with Gasteiger partial charge in [0, 0.05) is 22.4 Å². The molecule has 2 aliphatic heterocycles. The smallest absolute Gasteiger partial charge is 0.125 e. The predicted octanol–water partition coefficient (Wildman–Crippen LogP) is 5.30. The average Bonchev–Trinajstić information content (AvgIpc) is 2.60. The van der Waals surface area contributed by atoms with Crippen molar-refractivity contribution >= 4 is 23.1 Å². The van der Waals surface area contributed by atoms with E-state index in [0.29, 0.717) is 6.04 Å². The first-order valence-electron chi connectivity index (χ1n) is 8.76. The standard InChI is InChI=1S/C20H23FN2S/c1-22-12-5-4-6-16(22)11-13-23-17-7-2-3-8-19(17)24-20-10-9-15(21)14-18(20)23/h2-3,7-10,14,16H,4-6,11-13H2,1H3/i21-1. The van der Waals surface area contributed by atoms with Gasteiger partial charge < -0.3 is 9.80 Å². The molecule has 1 atom stereocenters. The molecule has 2 aromatic carbocycles. The first-order valence-corrected chi connectivity index (χ1v) is 9.58. The van der Waals surface area contributed by atoms with Crippen LogP contribution in [0.15, 0.2) is 52.3 Å². The second-order valence-corrected chi connectivity index (χ2v) is 7.84. The number of likely N-dealkylation sites (tertiary alicyclic amines) is 1. The number of halogens is 1. The highest BCUT2D eigenvalue weighted by Gasteiger charge is 2.26. The van der Waals surface area contributed by atoms with E-state index in [0.717, 1.165) is 23.5 Å². The average molecular weight is 341 g/mol. The van der Waals surface area contributed by atoms with Crippen molar-refractivity contribution in [1.82, 2.24) is 4.90 Å². The molecule has 0 aliphatic carbocycles. The minimum Gasteiger partial charge on any atom is -0.339 e. The summed E-state index contributed by atoms with van der Waals surface area (Å²) >= 11 is 1.74. The zero-order valence-electron chi connectivity index (χ0n) is 14.0. The maximum Gasteiger partial charge on any atom is 0.125 e. The summed E-state index contributed by atoms with van der Waals surface area (Å²) in [5.74, 6) is -0.159. The van der Waals surface area contributed by atoms with Gasteiger partial charge in [-0.15, -0.1) is 0 Å². The molecule has 0 aromatic heterocycles. The van der Waals surface area contributed by atoms with Gasteiger partial charge in [0.05, 0.1) is 11.4 Å². The van der Waals surface area contributed by atoms with E-state index in [2.05, 4.69) is 41.1 Å². The molecule has 0 saturated carbocycles. The van der Waals surface area contributed by atoms with Gasteiger partial charge in [0.1, 0.15) is 5.82 Å². The van der Waals surface area contributed by atoms with Crippen LogP contribution in [0.2, 0.25) is 0 Å². The zero-order chi connectivity index (χ0) is 16.5. The Bertz CT molecular complexity index is 733. The van der Waals surface area contributed by atoms with E-state index in [1.165, 1.54) is 36.4 Å². The molecule has 1 saturated heterocycles. The molecule has 2 aliphatic rings. The molecule has 0 N–H and O–H groups in total. The third-order valence-electron chi connectivity index (χ3n) is 5.20. The number of benzene rings is 2. The Hall–Kier alpha value is -1.52. The lowest BCUT2D eigenvalue weighted by molar-refractivity contribution is 0.178. The molecule has 0 amide bonds. The molecule has 24 heavy (non-hydrogen) atoms. The summed E-state index contributed by atoms with van der Waals surface area (Å²) in [7, 11) is 2.23. The first-order chi connectivity index (χ1) is 11.7. The van der Waals surface area contributed by atoms with E-state index in [1.54, 1.807) is 23.9 Å². The number of hydrogen-bond donors (Lipinski definition) is 0. The van der Waals surface area contributed by atoms with E-state index in [4.69, 9.17) is 0 Å². The third-order valence-corrected chi connectivity index (χ3v) is 6.33. The minimum absolute atomic E-state index is 0.159. The van der Waals surface area contributed by atoms with Gasteiger partial charge in [0.25, 0.3) is 0 Å². The van der Waals surface area contributed by atoms with Gasteiger partial charge in [-0.2, -0.15) is 0 Å². The van der Waals surface area contributed by atoms with Crippen LogP contribution in [0.5, 0.6) is 0 Å². The van der Waals surface area contributed by atoms with Crippen molar-refractivity contribution in [3.63, 3.8) is 0 Å². The zero-order valence-corrected chi connectivity index (χ0v) is 14.9. The summed E-state index contributed by atoms with van der Waals surface area (Å²) in [6, 6.07) is 14.3.